The zero-order chi connectivity index (χ0) is 14.5. The zero-order valence-corrected chi connectivity index (χ0v) is 11.7. The second-order valence-corrected chi connectivity index (χ2v) is 5.71. The summed E-state index contributed by atoms with van der Waals surface area (Å²) in [5.41, 5.74) is 1.70. The highest BCUT2D eigenvalue weighted by Crippen LogP contribution is 2.28. The van der Waals surface area contributed by atoms with Gasteiger partial charge in [-0.05, 0) is 44.5 Å². The van der Waals surface area contributed by atoms with Crippen molar-refractivity contribution in [3.05, 3.63) is 41.6 Å². The van der Waals surface area contributed by atoms with Gasteiger partial charge in [-0.3, -0.25) is 4.79 Å². The van der Waals surface area contributed by atoms with E-state index in [9.17, 15) is 9.18 Å². The average Bonchev–Trinajstić information content (AvgIpc) is 2.76. The van der Waals surface area contributed by atoms with Crippen molar-refractivity contribution in [2.75, 3.05) is 0 Å². The Bertz CT molecular complexity index is 703. The Morgan fingerprint density at radius 2 is 2.15 bits per heavy atom. The molecule has 0 spiro atoms. The first kappa shape index (κ1) is 12.8. The Hall–Kier alpha value is -2.17. The molecular weight excluding hydrogens is 257 g/mol. The summed E-state index contributed by atoms with van der Waals surface area (Å²) in [5, 5.41) is 2.91. The minimum Gasteiger partial charge on any atom is -0.342 e. The number of halogens is 1. The number of fused-ring (bicyclic) bond motifs is 1. The molecule has 20 heavy (non-hydrogen) atoms. The van der Waals surface area contributed by atoms with Crippen LogP contribution in [-0.4, -0.2) is 15.5 Å². The molecule has 1 aromatic heterocycles. The maximum absolute atomic E-state index is 13.3. The fourth-order valence-electron chi connectivity index (χ4n) is 2.58. The van der Waals surface area contributed by atoms with E-state index < -0.39 is 5.54 Å². The van der Waals surface area contributed by atoms with Gasteiger partial charge in [-0.25, -0.2) is 9.37 Å². The van der Waals surface area contributed by atoms with Crippen LogP contribution in [0.1, 0.15) is 25.2 Å². The third-order valence-corrected chi connectivity index (χ3v) is 3.56. The van der Waals surface area contributed by atoms with Gasteiger partial charge in [0.2, 0.25) is 5.91 Å². The van der Waals surface area contributed by atoms with Crippen molar-refractivity contribution in [2.24, 2.45) is 0 Å². The summed E-state index contributed by atoms with van der Waals surface area (Å²) in [4.78, 5) is 16.3. The van der Waals surface area contributed by atoms with Crippen molar-refractivity contribution in [3.8, 4) is 11.3 Å². The molecule has 4 nitrogen and oxygen atoms in total. The molecule has 1 aromatic carbocycles. The lowest BCUT2D eigenvalue weighted by Gasteiger charge is -2.30. The molecule has 1 aliphatic rings. The zero-order valence-electron chi connectivity index (χ0n) is 11.7. The minimum atomic E-state index is -0.497. The second kappa shape index (κ2) is 4.16. The van der Waals surface area contributed by atoms with Gasteiger partial charge in [-0.15, -0.1) is 0 Å². The Balaban J connectivity index is 2.09. The molecule has 3 rings (SSSR count). The van der Waals surface area contributed by atoms with E-state index in [0.29, 0.717) is 5.56 Å². The number of rotatable bonds is 1. The molecule has 0 saturated carbocycles. The largest absolute Gasteiger partial charge is 0.342 e. The molecular formula is C15H16FN3O. The third-order valence-electron chi connectivity index (χ3n) is 3.56. The predicted molar refractivity (Wildman–Crippen MR) is 73.5 cm³/mol. The Morgan fingerprint density at radius 3 is 2.85 bits per heavy atom. The number of amides is 1. The Labute approximate surface area is 116 Å². The molecule has 0 radical (unpaired) electrons. The number of aromatic nitrogens is 2. The molecule has 5 heteroatoms. The summed E-state index contributed by atoms with van der Waals surface area (Å²) >= 11 is 0. The number of benzene rings is 1. The lowest BCUT2D eigenvalue weighted by molar-refractivity contribution is -0.124. The third kappa shape index (κ3) is 1.99. The van der Waals surface area contributed by atoms with Crippen LogP contribution >= 0.6 is 0 Å². The van der Waals surface area contributed by atoms with E-state index in [2.05, 4.69) is 10.3 Å². The number of aryl methyl sites for hydroxylation is 1. The van der Waals surface area contributed by atoms with E-state index in [1.165, 1.54) is 6.07 Å². The van der Waals surface area contributed by atoms with E-state index in [1.54, 1.807) is 19.1 Å². The normalized spacial score (nSPS) is 16.7. The molecule has 2 aromatic rings. The molecule has 0 atom stereocenters. The highest BCUT2D eigenvalue weighted by molar-refractivity contribution is 5.78. The number of hydrogen-bond acceptors (Lipinski definition) is 2. The molecule has 0 aliphatic carbocycles. The standard InChI is InChI=1S/C15H16FN3O/c1-9-6-10(4-5-11(9)16)12-7-19-8-13(20)18-15(2,3)14(19)17-12/h4-7H,8H2,1-3H3,(H,18,20). The van der Waals surface area contributed by atoms with Crippen LogP contribution in [0.4, 0.5) is 4.39 Å². The second-order valence-electron chi connectivity index (χ2n) is 5.71. The molecule has 1 amide bonds. The van der Waals surface area contributed by atoms with Crippen LogP contribution in [-0.2, 0) is 16.9 Å². The van der Waals surface area contributed by atoms with Crippen LogP contribution < -0.4 is 5.32 Å². The Kier molecular flexibility index (Phi) is 2.67. The Morgan fingerprint density at radius 1 is 1.40 bits per heavy atom. The van der Waals surface area contributed by atoms with E-state index in [4.69, 9.17) is 0 Å². The summed E-state index contributed by atoms with van der Waals surface area (Å²) in [6.07, 6.45) is 1.85. The van der Waals surface area contributed by atoms with Crippen molar-refractivity contribution in [1.29, 1.82) is 0 Å². The monoisotopic (exact) mass is 273 g/mol. The van der Waals surface area contributed by atoms with Gasteiger partial charge in [-0.2, -0.15) is 0 Å². The van der Waals surface area contributed by atoms with Gasteiger partial charge < -0.3 is 9.88 Å². The van der Waals surface area contributed by atoms with Crippen molar-refractivity contribution in [2.45, 2.75) is 32.9 Å². The molecule has 1 N–H and O–H groups in total. The first-order chi connectivity index (χ1) is 9.37. The molecule has 0 saturated heterocycles. The van der Waals surface area contributed by atoms with Gasteiger partial charge >= 0.3 is 0 Å². The highest BCUT2D eigenvalue weighted by Gasteiger charge is 2.33. The highest BCUT2D eigenvalue weighted by atomic mass is 19.1. The maximum Gasteiger partial charge on any atom is 0.240 e. The van der Waals surface area contributed by atoms with Crippen LogP contribution in [0.5, 0.6) is 0 Å². The van der Waals surface area contributed by atoms with Gasteiger partial charge in [0.15, 0.2) is 0 Å². The average molecular weight is 273 g/mol. The van der Waals surface area contributed by atoms with Crippen LogP contribution in [0, 0.1) is 12.7 Å². The van der Waals surface area contributed by atoms with E-state index in [-0.39, 0.29) is 18.3 Å². The maximum atomic E-state index is 13.3. The molecule has 0 bridgehead atoms. The summed E-state index contributed by atoms with van der Waals surface area (Å²) < 4.78 is 15.2. The molecule has 1 aliphatic heterocycles. The van der Waals surface area contributed by atoms with Gasteiger partial charge in [0, 0.05) is 11.8 Å². The van der Waals surface area contributed by atoms with Crippen molar-refractivity contribution < 1.29 is 9.18 Å². The smallest absolute Gasteiger partial charge is 0.240 e. The van der Waals surface area contributed by atoms with Crippen LogP contribution in [0.25, 0.3) is 11.3 Å². The lowest BCUT2D eigenvalue weighted by Crippen LogP contribution is -2.48. The van der Waals surface area contributed by atoms with Crippen LogP contribution in [0.3, 0.4) is 0 Å². The summed E-state index contributed by atoms with van der Waals surface area (Å²) in [6.45, 7) is 5.83. The van der Waals surface area contributed by atoms with Gasteiger partial charge in [0.1, 0.15) is 18.2 Å². The first-order valence-corrected chi connectivity index (χ1v) is 6.52. The molecule has 0 unspecified atom stereocenters. The van der Waals surface area contributed by atoms with Gasteiger partial charge in [0.25, 0.3) is 0 Å². The van der Waals surface area contributed by atoms with Crippen molar-refractivity contribution in [1.82, 2.24) is 14.9 Å². The van der Waals surface area contributed by atoms with Crippen LogP contribution in [0.15, 0.2) is 24.4 Å². The molecule has 0 fully saturated rings. The van der Waals surface area contributed by atoms with Gasteiger partial charge in [0.05, 0.1) is 11.2 Å². The van der Waals surface area contributed by atoms with Gasteiger partial charge in [-0.1, -0.05) is 0 Å². The summed E-state index contributed by atoms with van der Waals surface area (Å²) in [7, 11) is 0. The number of imidazole rings is 1. The first-order valence-electron chi connectivity index (χ1n) is 6.52. The quantitative estimate of drug-likeness (QED) is 0.867. The van der Waals surface area contributed by atoms with Crippen molar-refractivity contribution in [3.63, 3.8) is 0 Å². The fourth-order valence-corrected chi connectivity index (χ4v) is 2.58. The van der Waals surface area contributed by atoms with Crippen LogP contribution in [0.2, 0.25) is 0 Å². The predicted octanol–water partition coefficient (Wildman–Crippen LogP) is 2.36. The number of carbonyl (C=O) groups is 1. The topological polar surface area (TPSA) is 46.9 Å². The molecule has 2 heterocycles. The summed E-state index contributed by atoms with van der Waals surface area (Å²) in [5.74, 6) is 0.561. The van der Waals surface area contributed by atoms with Crippen molar-refractivity contribution >= 4 is 5.91 Å². The number of nitrogens with zero attached hydrogens (tertiary/aromatic N) is 2. The molecule has 104 valence electrons. The summed E-state index contributed by atoms with van der Waals surface area (Å²) in [6, 6.07) is 4.92. The van der Waals surface area contributed by atoms with E-state index in [1.807, 2.05) is 24.6 Å². The number of nitrogens with one attached hydrogen (secondary N) is 1. The van der Waals surface area contributed by atoms with E-state index >= 15 is 0 Å². The van der Waals surface area contributed by atoms with E-state index in [0.717, 1.165) is 17.1 Å². The minimum absolute atomic E-state index is 0.0262. The SMILES string of the molecule is Cc1cc(-c2cn3c(n2)C(C)(C)NC(=O)C3)ccc1F. The number of hydrogen-bond donors (Lipinski definition) is 1. The fraction of sp³-hybridized carbons (Fsp3) is 0.333. The number of carbonyl (C=O) groups excluding carboxylic acids is 1. The lowest BCUT2D eigenvalue weighted by atomic mass is 10.0.